The van der Waals surface area contributed by atoms with Crippen LogP contribution in [0, 0.1) is 5.82 Å². The Hall–Kier alpha value is -4.32. The van der Waals surface area contributed by atoms with E-state index in [1.807, 2.05) is 39.6 Å². The summed E-state index contributed by atoms with van der Waals surface area (Å²) in [6, 6.07) is 7.91. The number of carbonyl (C=O) groups excluding carboxylic acids is 2. The molecule has 4 aromatic rings. The molecule has 40 heavy (non-hydrogen) atoms. The number of nitrogens with zero attached hydrogens (tertiary/aromatic N) is 5. The molecule has 0 radical (unpaired) electrons. The molecule has 0 bridgehead atoms. The molecule has 1 unspecified atom stereocenters. The van der Waals surface area contributed by atoms with Crippen molar-refractivity contribution < 1.29 is 27.9 Å². The number of alkyl halides is 2. The van der Waals surface area contributed by atoms with Gasteiger partial charge in [0.15, 0.2) is 0 Å². The van der Waals surface area contributed by atoms with E-state index < -0.39 is 36.8 Å². The van der Waals surface area contributed by atoms with Crippen molar-refractivity contribution in [1.82, 2.24) is 29.1 Å². The summed E-state index contributed by atoms with van der Waals surface area (Å²) in [4.78, 5) is 33.5. The Kier molecular flexibility index (Phi) is 5.46. The Bertz CT molecular complexity index is 1740. The molecule has 1 aromatic carbocycles. The van der Waals surface area contributed by atoms with Crippen molar-refractivity contribution >= 4 is 39.6 Å². The maximum atomic E-state index is 15.0. The largest absolute Gasteiger partial charge is 0.385 e. The van der Waals surface area contributed by atoms with Crippen LogP contribution in [0.4, 0.5) is 18.0 Å². The van der Waals surface area contributed by atoms with Gasteiger partial charge in [-0.15, -0.1) is 0 Å². The first-order valence-corrected chi connectivity index (χ1v) is 13.1. The van der Waals surface area contributed by atoms with Crippen molar-refractivity contribution in [3.05, 3.63) is 71.6 Å². The van der Waals surface area contributed by atoms with Crippen molar-refractivity contribution in [1.29, 1.82) is 0 Å². The molecule has 3 aromatic heterocycles. The van der Waals surface area contributed by atoms with Gasteiger partial charge in [0.25, 0.3) is 11.8 Å². The van der Waals surface area contributed by atoms with Gasteiger partial charge in [-0.05, 0) is 35.4 Å². The number of urea groups is 1. The number of aliphatic hydroxyl groups is 1. The highest BCUT2D eigenvalue weighted by atomic mass is 19.3. The zero-order chi connectivity index (χ0) is 27.8. The molecule has 0 aliphatic carbocycles. The third-order valence-corrected chi connectivity index (χ3v) is 8.08. The molecule has 2 N–H and O–H groups in total. The lowest BCUT2D eigenvalue weighted by Crippen LogP contribution is -2.55. The summed E-state index contributed by atoms with van der Waals surface area (Å²) in [6.07, 6.45) is 2.83. The van der Waals surface area contributed by atoms with Crippen molar-refractivity contribution in [3.8, 4) is 0 Å². The first-order chi connectivity index (χ1) is 19.2. The minimum atomic E-state index is -3.23. The van der Waals surface area contributed by atoms with E-state index in [1.54, 1.807) is 6.20 Å². The number of imidazole rings is 1. The molecule has 9 nitrogen and oxygen atoms in total. The average molecular weight is 551 g/mol. The number of likely N-dealkylation sites (tertiary alicyclic amines) is 1. The van der Waals surface area contributed by atoms with Crippen molar-refractivity contribution in [3.63, 3.8) is 0 Å². The number of piperidine rings is 1. The molecule has 0 spiro atoms. The van der Waals surface area contributed by atoms with Crippen LogP contribution in [0.25, 0.3) is 27.7 Å². The molecule has 3 amide bonds. The molecule has 7 rings (SSSR count). The lowest BCUT2D eigenvalue weighted by Gasteiger charge is -2.38. The maximum absolute atomic E-state index is 15.0. The highest BCUT2D eigenvalue weighted by Crippen LogP contribution is 2.38. The molecule has 1 saturated heterocycles. The van der Waals surface area contributed by atoms with E-state index >= 15 is 4.39 Å². The lowest BCUT2D eigenvalue weighted by atomic mass is 9.98. The number of β-amino-alcohol motifs (C(OH)–C–C–N with tert-alkyl or cyclic N) is 1. The molecule has 3 aliphatic rings. The summed E-state index contributed by atoms with van der Waals surface area (Å²) in [5.41, 5.74) is 4.58. The van der Waals surface area contributed by atoms with Crippen LogP contribution in [0.15, 0.2) is 48.9 Å². The van der Waals surface area contributed by atoms with Gasteiger partial charge in [0.05, 0.1) is 29.5 Å². The van der Waals surface area contributed by atoms with E-state index in [2.05, 4.69) is 10.3 Å². The summed E-state index contributed by atoms with van der Waals surface area (Å²) < 4.78 is 46.4. The van der Waals surface area contributed by atoms with E-state index in [9.17, 15) is 23.5 Å². The SMILES string of the molecule is O=C1NCC(c2cn3c4c(cc(F)cc24)CN(C(=O)N2CCC(F)(F)C(O)C2)CC3)=C1c1cnc2ccccn12. The second-order valence-corrected chi connectivity index (χ2v) is 10.5. The molecule has 3 aliphatic heterocycles. The van der Waals surface area contributed by atoms with E-state index in [0.717, 1.165) is 16.7 Å². The lowest BCUT2D eigenvalue weighted by molar-refractivity contribution is -0.141. The van der Waals surface area contributed by atoms with Crippen molar-refractivity contribution in [2.45, 2.75) is 31.5 Å². The fourth-order valence-corrected chi connectivity index (χ4v) is 6.06. The predicted molar refractivity (Wildman–Crippen MR) is 140 cm³/mol. The maximum Gasteiger partial charge on any atom is 0.320 e. The standard InChI is InChI=1S/C28H25F3N6O3/c29-17-9-16-13-36(27(40)35-6-4-28(30,31)22(38)15-35)8-7-34-14-20(18(10-17)25(16)34)19-11-33-26(39)24(19)21-12-32-23-3-1-2-5-37(21)23/h1-3,5,9-10,12,14,22,38H,4,6-8,11,13,15H2,(H,33,39). The molecule has 1 atom stereocenters. The smallest absolute Gasteiger partial charge is 0.320 e. The van der Waals surface area contributed by atoms with Gasteiger partial charge >= 0.3 is 6.03 Å². The first kappa shape index (κ1) is 24.7. The van der Waals surface area contributed by atoms with Crippen LogP contribution < -0.4 is 5.32 Å². The number of fused-ring (bicyclic) bond motifs is 1. The van der Waals surface area contributed by atoms with Gasteiger partial charge in [0.2, 0.25) is 0 Å². The van der Waals surface area contributed by atoms with Crippen molar-refractivity contribution in [2.75, 3.05) is 26.2 Å². The summed E-state index contributed by atoms with van der Waals surface area (Å²) in [7, 11) is 0. The van der Waals surface area contributed by atoms with Crippen LogP contribution >= 0.6 is 0 Å². The van der Waals surface area contributed by atoms with Gasteiger partial charge in [-0.2, -0.15) is 0 Å². The second-order valence-electron chi connectivity index (χ2n) is 10.5. The van der Waals surface area contributed by atoms with Crippen LogP contribution in [-0.4, -0.2) is 79.0 Å². The van der Waals surface area contributed by atoms with Gasteiger partial charge in [0.1, 0.15) is 17.6 Å². The van der Waals surface area contributed by atoms with Crippen LogP contribution in [0.5, 0.6) is 0 Å². The normalized spacial score (nSPS) is 20.9. The number of nitrogens with one attached hydrogen (secondary N) is 1. The molecule has 6 heterocycles. The number of carbonyl (C=O) groups is 2. The van der Waals surface area contributed by atoms with Gasteiger partial charge in [-0.25, -0.2) is 22.9 Å². The third kappa shape index (κ3) is 3.77. The number of hydrogen-bond donors (Lipinski definition) is 2. The van der Waals surface area contributed by atoms with E-state index in [4.69, 9.17) is 0 Å². The summed E-state index contributed by atoms with van der Waals surface area (Å²) in [6.45, 7) is 0.362. The molecule has 12 heteroatoms. The molecular weight excluding hydrogens is 525 g/mol. The van der Waals surface area contributed by atoms with Gasteiger partial charge in [-0.3, -0.25) is 9.20 Å². The summed E-state index contributed by atoms with van der Waals surface area (Å²) in [5.74, 6) is -3.96. The Labute approximate surface area is 226 Å². The predicted octanol–water partition coefficient (Wildman–Crippen LogP) is 3.11. The first-order valence-electron chi connectivity index (χ1n) is 13.1. The zero-order valence-electron chi connectivity index (χ0n) is 21.3. The number of hydrogen-bond acceptors (Lipinski definition) is 4. The molecule has 0 saturated carbocycles. The molecular formula is C28H25F3N6O3. The summed E-state index contributed by atoms with van der Waals surface area (Å²) >= 11 is 0. The Morgan fingerprint density at radius 1 is 1.15 bits per heavy atom. The number of aliphatic hydroxyl groups excluding tert-OH is 1. The topological polar surface area (TPSA) is 95.1 Å². The fraction of sp³-hybridized carbons (Fsp3) is 0.321. The monoisotopic (exact) mass is 550 g/mol. The molecule has 1 fully saturated rings. The highest BCUT2D eigenvalue weighted by molar-refractivity contribution is 6.31. The quantitative estimate of drug-likeness (QED) is 0.401. The molecule has 206 valence electrons. The Morgan fingerprint density at radius 3 is 2.83 bits per heavy atom. The minimum Gasteiger partial charge on any atom is -0.385 e. The van der Waals surface area contributed by atoms with Gasteiger partial charge < -0.3 is 24.8 Å². The van der Waals surface area contributed by atoms with Gasteiger partial charge in [0, 0.05) is 62.5 Å². The van der Waals surface area contributed by atoms with Crippen LogP contribution in [0.1, 0.15) is 23.2 Å². The average Bonchev–Trinajstić information content (AvgIpc) is 3.58. The Morgan fingerprint density at radius 2 is 2.00 bits per heavy atom. The van der Waals surface area contributed by atoms with E-state index in [1.165, 1.54) is 21.9 Å². The number of halogens is 3. The van der Waals surface area contributed by atoms with Crippen molar-refractivity contribution in [2.24, 2.45) is 0 Å². The number of aromatic nitrogens is 3. The van der Waals surface area contributed by atoms with E-state index in [0.29, 0.717) is 34.4 Å². The zero-order valence-corrected chi connectivity index (χ0v) is 21.3. The second kappa shape index (κ2) is 8.85. The van der Waals surface area contributed by atoms with Crippen LogP contribution in [0.3, 0.4) is 0 Å². The highest BCUT2D eigenvalue weighted by Gasteiger charge is 2.45. The van der Waals surface area contributed by atoms with Gasteiger partial charge in [-0.1, -0.05) is 6.07 Å². The Balaban J connectivity index is 1.28. The minimum absolute atomic E-state index is 0.0792. The number of rotatable bonds is 2. The number of pyridine rings is 1. The number of amides is 3. The summed E-state index contributed by atoms with van der Waals surface area (Å²) in [5, 5.41) is 13.3. The fourth-order valence-electron chi connectivity index (χ4n) is 6.06. The van der Waals surface area contributed by atoms with Crippen LogP contribution in [0.2, 0.25) is 0 Å². The third-order valence-electron chi connectivity index (χ3n) is 8.08. The number of benzene rings is 1. The van der Waals surface area contributed by atoms with Crippen LogP contribution in [-0.2, 0) is 17.9 Å². The van der Waals surface area contributed by atoms with E-state index in [-0.39, 0.29) is 32.1 Å².